The van der Waals surface area contributed by atoms with Crippen LogP contribution in [0.1, 0.15) is 17.3 Å². The number of amides is 1. The summed E-state index contributed by atoms with van der Waals surface area (Å²) in [6.45, 7) is 0. The van der Waals surface area contributed by atoms with Crippen molar-refractivity contribution in [3.8, 4) is 5.75 Å². The van der Waals surface area contributed by atoms with E-state index in [1.54, 1.807) is 7.11 Å². The molecule has 4 heteroatoms. The normalized spacial score (nSPS) is 11.7. The number of aryl methyl sites for hydroxylation is 1. The van der Waals surface area contributed by atoms with Crippen LogP contribution in [0.4, 0.5) is 0 Å². The van der Waals surface area contributed by atoms with E-state index < -0.39 is 0 Å². The van der Waals surface area contributed by atoms with Crippen LogP contribution in [0, 0.1) is 0 Å². The lowest BCUT2D eigenvalue weighted by molar-refractivity contribution is -0.680. The van der Waals surface area contributed by atoms with E-state index in [0.29, 0.717) is 6.42 Å². The van der Waals surface area contributed by atoms with Crippen LogP contribution in [0.2, 0.25) is 0 Å². The number of carbonyl (C=O) groups is 1. The monoisotopic (exact) mass is 271 g/mol. The van der Waals surface area contributed by atoms with Crippen molar-refractivity contribution >= 4 is 6.41 Å². The van der Waals surface area contributed by atoms with Gasteiger partial charge < -0.3 is 10.1 Å². The smallest absolute Gasteiger partial charge is 0.207 e. The van der Waals surface area contributed by atoms with Gasteiger partial charge in [-0.15, -0.1) is 0 Å². The first-order valence-corrected chi connectivity index (χ1v) is 6.51. The number of hydrogen-bond acceptors (Lipinski definition) is 2. The molecule has 0 saturated heterocycles. The van der Waals surface area contributed by atoms with E-state index in [4.69, 9.17) is 4.74 Å². The zero-order chi connectivity index (χ0) is 14.4. The molecule has 0 saturated carbocycles. The van der Waals surface area contributed by atoms with Crippen molar-refractivity contribution in [1.29, 1.82) is 0 Å². The van der Waals surface area contributed by atoms with Crippen molar-refractivity contribution in [1.82, 2.24) is 5.32 Å². The summed E-state index contributed by atoms with van der Waals surface area (Å²) < 4.78 is 7.25. The molecule has 0 radical (unpaired) electrons. The largest absolute Gasteiger partial charge is 0.497 e. The summed E-state index contributed by atoms with van der Waals surface area (Å²) in [7, 11) is 3.62. The van der Waals surface area contributed by atoms with Gasteiger partial charge in [-0.05, 0) is 17.7 Å². The molecule has 0 spiro atoms. The molecular weight excluding hydrogens is 252 g/mol. The van der Waals surface area contributed by atoms with Gasteiger partial charge in [0.1, 0.15) is 18.8 Å². The van der Waals surface area contributed by atoms with E-state index in [1.165, 1.54) is 0 Å². The van der Waals surface area contributed by atoms with E-state index >= 15 is 0 Å². The number of carbonyl (C=O) groups excluding carboxylic acids is 1. The Morgan fingerprint density at radius 3 is 2.85 bits per heavy atom. The van der Waals surface area contributed by atoms with Crippen LogP contribution in [-0.2, 0) is 18.3 Å². The molecule has 4 nitrogen and oxygen atoms in total. The van der Waals surface area contributed by atoms with Gasteiger partial charge in [-0.2, -0.15) is 0 Å². The van der Waals surface area contributed by atoms with Gasteiger partial charge in [-0.1, -0.05) is 18.2 Å². The number of hydrogen-bond donors (Lipinski definition) is 1. The third-order valence-corrected chi connectivity index (χ3v) is 3.30. The molecule has 0 aliphatic heterocycles. The van der Waals surface area contributed by atoms with Crippen LogP contribution in [0.5, 0.6) is 5.75 Å². The van der Waals surface area contributed by atoms with E-state index in [0.717, 1.165) is 23.4 Å². The van der Waals surface area contributed by atoms with Gasteiger partial charge in [0.25, 0.3) is 0 Å². The first kappa shape index (κ1) is 14.1. The number of benzene rings is 1. The third kappa shape index (κ3) is 3.35. The fraction of sp³-hybridized carbons (Fsp3) is 0.250. The Balaban J connectivity index is 2.25. The van der Waals surface area contributed by atoms with Gasteiger partial charge >= 0.3 is 0 Å². The second kappa shape index (κ2) is 6.70. The predicted molar refractivity (Wildman–Crippen MR) is 76.3 cm³/mol. The highest BCUT2D eigenvalue weighted by Crippen LogP contribution is 2.19. The molecule has 20 heavy (non-hydrogen) atoms. The van der Waals surface area contributed by atoms with Gasteiger partial charge in [0.15, 0.2) is 6.20 Å². The van der Waals surface area contributed by atoms with Crippen molar-refractivity contribution in [2.75, 3.05) is 7.11 Å². The average Bonchev–Trinajstić information content (AvgIpc) is 2.47. The summed E-state index contributed by atoms with van der Waals surface area (Å²) in [6.07, 6.45) is 3.44. The number of ether oxygens (including phenoxy) is 1. The Bertz CT molecular complexity index is 584. The number of methoxy groups -OCH3 is 1. The second-order valence-electron chi connectivity index (χ2n) is 4.63. The molecule has 104 valence electrons. The number of rotatable bonds is 6. The number of aromatic nitrogens is 1. The summed E-state index contributed by atoms with van der Waals surface area (Å²) in [4.78, 5) is 10.9. The summed E-state index contributed by atoms with van der Waals surface area (Å²) in [5.41, 5.74) is 2.18. The standard InChI is InChI=1S/C16H18N2O2/c1-18-9-4-3-8-16(18)15(17-12-19)11-13-6-5-7-14(10-13)20-2/h3-10,12,15H,11H2,1-2H3/p+1. The highest BCUT2D eigenvalue weighted by molar-refractivity contribution is 5.47. The Morgan fingerprint density at radius 1 is 1.30 bits per heavy atom. The van der Waals surface area contributed by atoms with Crippen molar-refractivity contribution < 1.29 is 14.1 Å². The fourth-order valence-corrected chi connectivity index (χ4v) is 2.26. The van der Waals surface area contributed by atoms with Crippen LogP contribution in [-0.4, -0.2) is 13.5 Å². The van der Waals surface area contributed by atoms with E-state index in [-0.39, 0.29) is 6.04 Å². The number of pyridine rings is 1. The van der Waals surface area contributed by atoms with Gasteiger partial charge in [0.2, 0.25) is 12.1 Å². The van der Waals surface area contributed by atoms with Crippen molar-refractivity contribution in [2.45, 2.75) is 12.5 Å². The minimum atomic E-state index is -0.0641. The molecule has 1 atom stereocenters. The van der Waals surface area contributed by atoms with Gasteiger partial charge in [-0.25, -0.2) is 4.57 Å². The van der Waals surface area contributed by atoms with Crippen LogP contribution in [0.15, 0.2) is 48.7 Å². The molecule has 1 unspecified atom stereocenters. The zero-order valence-corrected chi connectivity index (χ0v) is 11.7. The van der Waals surface area contributed by atoms with Gasteiger partial charge in [-0.3, -0.25) is 4.79 Å². The molecule has 1 N–H and O–H groups in total. The predicted octanol–water partition coefficient (Wildman–Crippen LogP) is 1.55. The Labute approximate surface area is 119 Å². The van der Waals surface area contributed by atoms with Crippen LogP contribution < -0.4 is 14.6 Å². The Morgan fingerprint density at radius 2 is 2.15 bits per heavy atom. The second-order valence-corrected chi connectivity index (χ2v) is 4.63. The molecular formula is C16H19N2O2+. The molecule has 1 aromatic heterocycles. The molecule has 1 heterocycles. The van der Waals surface area contributed by atoms with Crippen LogP contribution >= 0.6 is 0 Å². The van der Waals surface area contributed by atoms with E-state index in [2.05, 4.69) is 5.32 Å². The lowest BCUT2D eigenvalue weighted by Gasteiger charge is -2.14. The molecule has 2 rings (SSSR count). The summed E-state index contributed by atoms with van der Waals surface area (Å²) in [5.74, 6) is 0.824. The van der Waals surface area contributed by atoms with E-state index in [9.17, 15) is 4.79 Å². The highest BCUT2D eigenvalue weighted by atomic mass is 16.5. The summed E-state index contributed by atoms with van der Waals surface area (Å²) >= 11 is 0. The molecule has 2 aromatic rings. The fourth-order valence-electron chi connectivity index (χ4n) is 2.26. The minimum Gasteiger partial charge on any atom is -0.497 e. The zero-order valence-electron chi connectivity index (χ0n) is 11.7. The van der Waals surface area contributed by atoms with Crippen molar-refractivity contribution in [2.24, 2.45) is 7.05 Å². The summed E-state index contributed by atoms with van der Waals surface area (Å²) in [5, 5.41) is 2.88. The van der Waals surface area contributed by atoms with Crippen molar-refractivity contribution in [3.63, 3.8) is 0 Å². The van der Waals surface area contributed by atoms with E-state index in [1.807, 2.05) is 60.3 Å². The van der Waals surface area contributed by atoms with Gasteiger partial charge in [0, 0.05) is 18.6 Å². The maximum atomic E-state index is 10.9. The number of nitrogens with one attached hydrogen (secondary N) is 1. The van der Waals surface area contributed by atoms with Crippen LogP contribution in [0.25, 0.3) is 0 Å². The van der Waals surface area contributed by atoms with Gasteiger partial charge in [0.05, 0.1) is 7.11 Å². The maximum absolute atomic E-state index is 10.9. The molecule has 0 aliphatic carbocycles. The number of nitrogens with zero attached hydrogens (tertiary/aromatic N) is 1. The molecule has 0 fully saturated rings. The quantitative estimate of drug-likeness (QED) is 0.640. The highest BCUT2D eigenvalue weighted by Gasteiger charge is 2.19. The first-order chi connectivity index (χ1) is 9.74. The first-order valence-electron chi connectivity index (χ1n) is 6.51. The molecule has 0 bridgehead atoms. The third-order valence-electron chi connectivity index (χ3n) is 3.30. The Hall–Kier alpha value is -2.36. The van der Waals surface area contributed by atoms with Crippen LogP contribution in [0.3, 0.4) is 0 Å². The molecule has 0 aliphatic rings. The summed E-state index contributed by atoms with van der Waals surface area (Å²) in [6, 6.07) is 13.8. The molecule has 1 amide bonds. The lowest BCUT2D eigenvalue weighted by Crippen LogP contribution is -2.39. The molecule has 1 aromatic carbocycles. The average molecular weight is 271 g/mol. The minimum absolute atomic E-state index is 0.0641. The SMILES string of the molecule is COc1cccc(CC(NC=O)c2cccc[n+]2C)c1. The topological polar surface area (TPSA) is 42.2 Å². The maximum Gasteiger partial charge on any atom is 0.207 e. The Kier molecular flexibility index (Phi) is 4.71. The lowest BCUT2D eigenvalue weighted by atomic mass is 10.0. The van der Waals surface area contributed by atoms with Crippen molar-refractivity contribution in [3.05, 3.63) is 59.9 Å².